The molecule has 0 aliphatic heterocycles. The van der Waals surface area contributed by atoms with E-state index in [4.69, 9.17) is 4.74 Å². The van der Waals surface area contributed by atoms with Gasteiger partial charge in [-0.3, -0.25) is 4.79 Å². The highest BCUT2D eigenvalue weighted by Crippen LogP contribution is 2.49. The third-order valence-electron chi connectivity index (χ3n) is 3.80. The standard InChI is InChI=1S/C15H21NO2S/c1-16(14(17)9-15(11-19)6-7-15)10-12-4-3-5-13(8-12)18-2/h3-5,8,19H,6-7,9-11H2,1-2H3. The summed E-state index contributed by atoms with van der Waals surface area (Å²) >= 11 is 4.34. The molecule has 1 aromatic rings. The molecule has 3 nitrogen and oxygen atoms in total. The van der Waals surface area contributed by atoms with E-state index in [2.05, 4.69) is 12.6 Å². The van der Waals surface area contributed by atoms with Crippen molar-refractivity contribution in [3.63, 3.8) is 0 Å². The van der Waals surface area contributed by atoms with Gasteiger partial charge in [-0.05, 0) is 41.7 Å². The minimum Gasteiger partial charge on any atom is -0.497 e. The van der Waals surface area contributed by atoms with E-state index >= 15 is 0 Å². The first kappa shape index (κ1) is 14.3. The lowest BCUT2D eigenvalue weighted by Crippen LogP contribution is -2.28. The van der Waals surface area contributed by atoms with E-state index in [1.165, 1.54) is 0 Å². The first-order valence-corrected chi connectivity index (χ1v) is 7.19. The zero-order valence-electron chi connectivity index (χ0n) is 11.6. The fourth-order valence-electron chi connectivity index (χ4n) is 2.16. The van der Waals surface area contributed by atoms with E-state index in [1.807, 2.05) is 31.3 Å². The highest BCUT2D eigenvalue weighted by atomic mass is 32.1. The van der Waals surface area contributed by atoms with E-state index in [0.29, 0.717) is 13.0 Å². The number of thiol groups is 1. The SMILES string of the molecule is COc1cccc(CN(C)C(=O)CC2(CS)CC2)c1. The Kier molecular flexibility index (Phi) is 4.40. The Labute approximate surface area is 120 Å². The average Bonchev–Trinajstić information content (AvgIpc) is 3.19. The smallest absolute Gasteiger partial charge is 0.223 e. The van der Waals surface area contributed by atoms with E-state index < -0.39 is 0 Å². The molecule has 0 unspecified atom stereocenters. The van der Waals surface area contributed by atoms with E-state index in [9.17, 15) is 4.79 Å². The number of ether oxygens (including phenoxy) is 1. The van der Waals surface area contributed by atoms with Crippen molar-refractivity contribution in [3.8, 4) is 5.75 Å². The lowest BCUT2D eigenvalue weighted by atomic mass is 10.0. The predicted molar refractivity (Wildman–Crippen MR) is 79.6 cm³/mol. The highest BCUT2D eigenvalue weighted by molar-refractivity contribution is 7.80. The van der Waals surface area contributed by atoms with Crippen LogP contribution in [-0.2, 0) is 11.3 Å². The molecular formula is C15H21NO2S. The van der Waals surface area contributed by atoms with Gasteiger partial charge in [-0.1, -0.05) is 12.1 Å². The van der Waals surface area contributed by atoms with Crippen molar-refractivity contribution >= 4 is 18.5 Å². The summed E-state index contributed by atoms with van der Waals surface area (Å²) in [6.45, 7) is 0.624. The molecule has 0 saturated heterocycles. The van der Waals surface area contributed by atoms with E-state index in [-0.39, 0.29) is 11.3 Å². The molecule has 4 heteroatoms. The number of rotatable bonds is 6. The molecule has 1 saturated carbocycles. The van der Waals surface area contributed by atoms with Gasteiger partial charge in [-0.2, -0.15) is 12.6 Å². The van der Waals surface area contributed by atoms with Gasteiger partial charge in [-0.25, -0.2) is 0 Å². The number of hydrogen-bond donors (Lipinski definition) is 1. The zero-order chi connectivity index (χ0) is 13.9. The molecule has 0 N–H and O–H groups in total. The number of carbonyl (C=O) groups excluding carboxylic acids is 1. The van der Waals surface area contributed by atoms with E-state index in [1.54, 1.807) is 12.0 Å². The zero-order valence-corrected chi connectivity index (χ0v) is 12.5. The van der Waals surface area contributed by atoms with Crippen molar-refractivity contribution in [1.29, 1.82) is 0 Å². The lowest BCUT2D eigenvalue weighted by Gasteiger charge is -2.20. The van der Waals surface area contributed by atoms with Crippen LogP contribution in [0.3, 0.4) is 0 Å². The summed E-state index contributed by atoms with van der Waals surface area (Å²) in [6, 6.07) is 7.83. The molecule has 0 atom stereocenters. The van der Waals surface area contributed by atoms with Crippen LogP contribution in [0.1, 0.15) is 24.8 Å². The fraction of sp³-hybridized carbons (Fsp3) is 0.533. The number of hydrogen-bond acceptors (Lipinski definition) is 3. The minimum absolute atomic E-state index is 0.183. The summed E-state index contributed by atoms with van der Waals surface area (Å²) in [6.07, 6.45) is 2.89. The van der Waals surface area contributed by atoms with Crippen LogP contribution in [0.25, 0.3) is 0 Å². The van der Waals surface area contributed by atoms with Gasteiger partial charge in [0, 0.05) is 20.0 Å². The van der Waals surface area contributed by atoms with Gasteiger partial charge in [0.2, 0.25) is 5.91 Å². The Morgan fingerprint density at radius 1 is 1.47 bits per heavy atom. The van der Waals surface area contributed by atoms with Crippen LogP contribution in [0.5, 0.6) is 5.75 Å². The summed E-state index contributed by atoms with van der Waals surface area (Å²) in [5.74, 6) is 1.84. The van der Waals surface area contributed by atoms with Crippen molar-refractivity contribution < 1.29 is 9.53 Å². The third kappa shape index (κ3) is 3.66. The predicted octanol–water partition coefficient (Wildman–Crippen LogP) is 2.75. The molecule has 0 heterocycles. The van der Waals surface area contributed by atoms with Gasteiger partial charge < -0.3 is 9.64 Å². The molecular weight excluding hydrogens is 258 g/mol. The van der Waals surface area contributed by atoms with Gasteiger partial charge in [0.25, 0.3) is 0 Å². The van der Waals surface area contributed by atoms with Gasteiger partial charge in [0.05, 0.1) is 7.11 Å². The maximum absolute atomic E-state index is 12.2. The highest BCUT2D eigenvalue weighted by Gasteiger charge is 2.43. The molecule has 0 radical (unpaired) electrons. The summed E-state index contributed by atoms with van der Waals surface area (Å²) < 4.78 is 5.19. The Morgan fingerprint density at radius 2 is 2.21 bits per heavy atom. The first-order chi connectivity index (χ1) is 9.08. The van der Waals surface area contributed by atoms with Crippen molar-refractivity contribution in [3.05, 3.63) is 29.8 Å². The van der Waals surface area contributed by atoms with Crippen LogP contribution in [-0.4, -0.2) is 30.7 Å². The minimum atomic E-state index is 0.183. The quantitative estimate of drug-likeness (QED) is 0.811. The van der Waals surface area contributed by atoms with Gasteiger partial charge >= 0.3 is 0 Å². The van der Waals surface area contributed by atoms with Crippen LogP contribution in [0.15, 0.2) is 24.3 Å². The molecule has 104 valence electrons. The third-order valence-corrected chi connectivity index (χ3v) is 4.47. The molecule has 2 rings (SSSR count). The number of methoxy groups -OCH3 is 1. The number of carbonyl (C=O) groups is 1. The molecule has 1 aliphatic rings. The maximum Gasteiger partial charge on any atom is 0.223 e. The molecule has 1 amide bonds. The van der Waals surface area contributed by atoms with Crippen LogP contribution in [0.2, 0.25) is 0 Å². The average molecular weight is 279 g/mol. The van der Waals surface area contributed by atoms with Crippen LogP contribution in [0.4, 0.5) is 0 Å². The topological polar surface area (TPSA) is 29.5 Å². The first-order valence-electron chi connectivity index (χ1n) is 6.56. The monoisotopic (exact) mass is 279 g/mol. The van der Waals surface area contributed by atoms with Gasteiger partial charge in [0.15, 0.2) is 0 Å². The van der Waals surface area contributed by atoms with Crippen molar-refractivity contribution in [2.75, 3.05) is 19.9 Å². The van der Waals surface area contributed by atoms with Crippen LogP contribution < -0.4 is 4.74 Å². The molecule has 19 heavy (non-hydrogen) atoms. The Bertz CT molecular complexity index is 457. The van der Waals surface area contributed by atoms with Gasteiger partial charge in [0.1, 0.15) is 5.75 Å². The van der Waals surface area contributed by atoms with Crippen molar-refractivity contribution in [2.24, 2.45) is 5.41 Å². The fourth-order valence-corrected chi connectivity index (χ4v) is 2.58. The molecule has 1 aromatic carbocycles. The maximum atomic E-state index is 12.2. The van der Waals surface area contributed by atoms with Crippen molar-refractivity contribution in [1.82, 2.24) is 4.90 Å². The van der Waals surface area contributed by atoms with E-state index in [0.717, 1.165) is 29.9 Å². The van der Waals surface area contributed by atoms with Gasteiger partial charge in [-0.15, -0.1) is 0 Å². The normalized spacial score (nSPS) is 15.9. The Balaban J connectivity index is 1.92. The Hall–Kier alpha value is -1.16. The largest absolute Gasteiger partial charge is 0.497 e. The summed E-state index contributed by atoms with van der Waals surface area (Å²) in [5, 5.41) is 0. The van der Waals surface area contributed by atoms with Crippen LogP contribution in [0, 0.1) is 5.41 Å². The second-order valence-corrected chi connectivity index (χ2v) is 5.75. The Morgan fingerprint density at radius 3 is 2.79 bits per heavy atom. The summed E-state index contributed by atoms with van der Waals surface area (Å²) in [5.41, 5.74) is 1.27. The number of benzene rings is 1. The molecule has 0 aromatic heterocycles. The lowest BCUT2D eigenvalue weighted by molar-refractivity contribution is -0.131. The molecule has 1 fully saturated rings. The summed E-state index contributed by atoms with van der Waals surface area (Å²) in [4.78, 5) is 14.0. The molecule has 0 spiro atoms. The van der Waals surface area contributed by atoms with Crippen LogP contribution >= 0.6 is 12.6 Å². The molecule has 0 bridgehead atoms. The second kappa shape index (κ2) is 5.87. The van der Waals surface area contributed by atoms with Crippen molar-refractivity contribution in [2.45, 2.75) is 25.8 Å². The number of nitrogens with zero attached hydrogens (tertiary/aromatic N) is 1. The number of amides is 1. The summed E-state index contributed by atoms with van der Waals surface area (Å²) in [7, 11) is 3.51. The second-order valence-electron chi connectivity index (χ2n) is 5.44. The molecule has 1 aliphatic carbocycles.